The molecule has 1 saturated carbocycles. The molecule has 0 spiro atoms. The average molecular weight is 318 g/mol. The number of carboxylic acid groups (broad SMARTS) is 2. The van der Waals surface area contributed by atoms with Crippen LogP contribution in [0.4, 0.5) is 0 Å². The summed E-state index contributed by atoms with van der Waals surface area (Å²) in [4.78, 5) is 23.3. The van der Waals surface area contributed by atoms with Crippen LogP contribution in [-0.2, 0) is 14.4 Å². The van der Waals surface area contributed by atoms with Crippen LogP contribution >= 0.6 is 0 Å². The summed E-state index contributed by atoms with van der Waals surface area (Å²) in [6, 6.07) is 0. The first kappa shape index (κ1) is 20.3. The fraction of sp³-hybridized carbons (Fsp3) is 0.786. The van der Waals surface area contributed by atoms with Crippen molar-refractivity contribution in [3.63, 3.8) is 0 Å². The van der Waals surface area contributed by atoms with Crippen LogP contribution in [0.2, 0.25) is 0 Å². The number of carbonyl (C=O) groups is 2. The van der Waals surface area contributed by atoms with Gasteiger partial charge in [-0.25, -0.2) is 9.59 Å². The second-order valence-corrected chi connectivity index (χ2v) is 6.20. The highest BCUT2D eigenvalue weighted by atomic mass is 16.6. The van der Waals surface area contributed by atoms with E-state index in [-0.39, 0.29) is 12.1 Å². The quantitative estimate of drug-likeness (QED) is 0.322. The summed E-state index contributed by atoms with van der Waals surface area (Å²) in [6.45, 7) is 8.97. The number of aliphatic hydroxyl groups excluding tert-OH is 1. The molecule has 0 aromatic carbocycles. The average Bonchev–Trinajstić information content (AvgIpc) is 3.20. The van der Waals surface area contributed by atoms with Crippen molar-refractivity contribution in [3.8, 4) is 0 Å². The summed E-state index contributed by atoms with van der Waals surface area (Å²) in [7, 11) is 0. The van der Waals surface area contributed by atoms with Gasteiger partial charge in [-0.05, 0) is 40.5 Å². The number of oxime groups is 1. The summed E-state index contributed by atoms with van der Waals surface area (Å²) in [5, 5.41) is 31.6. The molecule has 1 fully saturated rings. The van der Waals surface area contributed by atoms with Crippen molar-refractivity contribution in [3.05, 3.63) is 0 Å². The minimum Gasteiger partial charge on any atom is -0.473 e. The number of aliphatic carboxylic acids is 2. The van der Waals surface area contributed by atoms with Crippen LogP contribution in [0.3, 0.4) is 0 Å². The van der Waals surface area contributed by atoms with Crippen LogP contribution in [0, 0.1) is 5.92 Å². The van der Waals surface area contributed by atoms with E-state index in [1.54, 1.807) is 0 Å². The monoisotopic (exact) mass is 318 g/mol. The Kier molecular flexibility index (Phi) is 8.66. The molecule has 8 heteroatoms. The van der Waals surface area contributed by atoms with Crippen molar-refractivity contribution in [2.45, 2.75) is 52.2 Å². The molecule has 1 unspecified atom stereocenters. The van der Waals surface area contributed by atoms with E-state index in [1.165, 1.54) is 12.8 Å². The van der Waals surface area contributed by atoms with Crippen molar-refractivity contribution >= 4 is 17.7 Å². The standard InChI is InChI=1S/C12H24N2O2.C2H2O4/c1-9(10-5-6-10)14-16-8-11(15)7-13-12(2,3)4;3-1(4)2(5)6/h10-11,13,15H,5-8H2,1-4H3;(H,3,4)(H,5,6)/b14-9+;. The predicted molar refractivity (Wildman–Crippen MR) is 80.8 cm³/mol. The topological polar surface area (TPSA) is 128 Å². The number of aliphatic hydroxyl groups is 1. The number of nitrogens with zero attached hydrogens (tertiary/aromatic N) is 1. The number of nitrogens with one attached hydrogen (secondary N) is 1. The normalized spacial score (nSPS) is 16.3. The Morgan fingerprint density at radius 2 is 1.77 bits per heavy atom. The molecule has 0 bridgehead atoms. The molecular weight excluding hydrogens is 292 g/mol. The van der Waals surface area contributed by atoms with Gasteiger partial charge in [-0.15, -0.1) is 0 Å². The Morgan fingerprint density at radius 3 is 2.14 bits per heavy atom. The molecule has 1 rings (SSSR count). The van der Waals surface area contributed by atoms with Crippen molar-refractivity contribution in [1.82, 2.24) is 5.32 Å². The summed E-state index contributed by atoms with van der Waals surface area (Å²) in [5.74, 6) is -3.02. The Morgan fingerprint density at radius 1 is 1.27 bits per heavy atom. The van der Waals surface area contributed by atoms with Crippen molar-refractivity contribution in [2.24, 2.45) is 11.1 Å². The predicted octanol–water partition coefficient (Wildman–Crippen LogP) is 0.694. The maximum absolute atomic E-state index is 9.62. The molecule has 1 aliphatic rings. The first-order valence-electron chi connectivity index (χ1n) is 7.08. The van der Waals surface area contributed by atoms with Gasteiger partial charge in [0.25, 0.3) is 0 Å². The summed E-state index contributed by atoms with van der Waals surface area (Å²) in [5.41, 5.74) is 1.07. The van der Waals surface area contributed by atoms with Gasteiger partial charge in [0.1, 0.15) is 12.7 Å². The van der Waals surface area contributed by atoms with Crippen molar-refractivity contribution in [2.75, 3.05) is 13.2 Å². The number of rotatable bonds is 6. The van der Waals surface area contributed by atoms with Crippen molar-refractivity contribution in [1.29, 1.82) is 0 Å². The third-order valence-corrected chi connectivity index (χ3v) is 2.69. The van der Waals surface area contributed by atoms with E-state index in [0.717, 1.165) is 5.71 Å². The Hall–Kier alpha value is -1.67. The molecule has 0 radical (unpaired) electrons. The molecule has 0 amide bonds. The van der Waals surface area contributed by atoms with Crippen LogP contribution in [-0.4, -0.2) is 57.8 Å². The van der Waals surface area contributed by atoms with Crippen LogP contribution < -0.4 is 5.32 Å². The fourth-order valence-corrected chi connectivity index (χ4v) is 1.28. The minimum absolute atomic E-state index is 0.0220. The SMILES string of the molecule is C/C(=N\OCC(O)CNC(C)(C)C)C1CC1.O=C(O)C(=O)O. The molecule has 4 N–H and O–H groups in total. The maximum atomic E-state index is 9.62. The molecule has 0 heterocycles. The van der Waals surface area contributed by atoms with Gasteiger partial charge in [-0.2, -0.15) is 0 Å². The third-order valence-electron chi connectivity index (χ3n) is 2.69. The minimum atomic E-state index is -1.82. The molecule has 1 atom stereocenters. The van der Waals surface area contributed by atoms with Crippen molar-refractivity contribution < 1.29 is 29.7 Å². The van der Waals surface area contributed by atoms with Gasteiger partial charge < -0.3 is 25.5 Å². The fourth-order valence-electron chi connectivity index (χ4n) is 1.28. The summed E-state index contributed by atoms with van der Waals surface area (Å²) >= 11 is 0. The zero-order chi connectivity index (χ0) is 17.3. The number of β-amino-alcohol motifs (C(OH)–C–C–N with tert-alkyl or cyclic N) is 1. The van der Waals surface area contributed by atoms with E-state index in [0.29, 0.717) is 12.5 Å². The van der Waals surface area contributed by atoms with Gasteiger partial charge in [0.2, 0.25) is 0 Å². The first-order chi connectivity index (χ1) is 10.0. The molecule has 0 aromatic rings. The second kappa shape index (κ2) is 9.37. The molecule has 0 saturated heterocycles. The Balaban J connectivity index is 0.000000626. The molecule has 22 heavy (non-hydrogen) atoms. The second-order valence-electron chi connectivity index (χ2n) is 6.20. The van der Waals surface area contributed by atoms with E-state index in [4.69, 9.17) is 24.6 Å². The molecular formula is C14H26N2O6. The van der Waals surface area contributed by atoms with Gasteiger partial charge in [-0.1, -0.05) is 5.16 Å². The number of carboxylic acids is 2. The Bertz CT molecular complexity index is 387. The lowest BCUT2D eigenvalue weighted by Gasteiger charge is -2.22. The lowest BCUT2D eigenvalue weighted by Crippen LogP contribution is -2.42. The molecule has 8 nitrogen and oxygen atoms in total. The lowest BCUT2D eigenvalue weighted by atomic mass is 10.1. The van der Waals surface area contributed by atoms with Gasteiger partial charge in [0.15, 0.2) is 0 Å². The van der Waals surface area contributed by atoms with Gasteiger partial charge in [0, 0.05) is 18.0 Å². The third kappa shape index (κ3) is 12.1. The van der Waals surface area contributed by atoms with Crippen LogP contribution in [0.15, 0.2) is 5.16 Å². The molecule has 1 aliphatic carbocycles. The summed E-state index contributed by atoms with van der Waals surface area (Å²) in [6.07, 6.45) is 1.95. The number of hydrogen-bond donors (Lipinski definition) is 4. The smallest absolute Gasteiger partial charge is 0.414 e. The zero-order valence-corrected chi connectivity index (χ0v) is 13.5. The highest BCUT2D eigenvalue weighted by Crippen LogP contribution is 2.30. The van der Waals surface area contributed by atoms with E-state index in [2.05, 4.69) is 31.2 Å². The molecule has 0 aromatic heterocycles. The van der Waals surface area contributed by atoms with Crippen LogP contribution in [0.5, 0.6) is 0 Å². The van der Waals surface area contributed by atoms with E-state index >= 15 is 0 Å². The number of hydrogen-bond acceptors (Lipinski definition) is 6. The van der Waals surface area contributed by atoms with E-state index in [9.17, 15) is 5.11 Å². The van der Waals surface area contributed by atoms with E-state index in [1.807, 2.05) is 6.92 Å². The highest BCUT2D eigenvalue weighted by molar-refractivity contribution is 6.27. The highest BCUT2D eigenvalue weighted by Gasteiger charge is 2.25. The zero-order valence-electron chi connectivity index (χ0n) is 13.5. The summed E-state index contributed by atoms with van der Waals surface area (Å²) < 4.78 is 0. The van der Waals surface area contributed by atoms with Gasteiger partial charge in [0.05, 0.1) is 5.71 Å². The van der Waals surface area contributed by atoms with Gasteiger partial charge >= 0.3 is 11.9 Å². The lowest BCUT2D eigenvalue weighted by molar-refractivity contribution is -0.159. The van der Waals surface area contributed by atoms with E-state index < -0.39 is 18.0 Å². The first-order valence-corrected chi connectivity index (χ1v) is 7.08. The largest absolute Gasteiger partial charge is 0.473 e. The Labute approximate surface area is 130 Å². The molecule has 128 valence electrons. The van der Waals surface area contributed by atoms with Crippen LogP contribution in [0.25, 0.3) is 0 Å². The van der Waals surface area contributed by atoms with Gasteiger partial charge in [-0.3, -0.25) is 0 Å². The maximum Gasteiger partial charge on any atom is 0.414 e. The molecule has 0 aliphatic heterocycles. The van der Waals surface area contributed by atoms with Crippen LogP contribution in [0.1, 0.15) is 40.5 Å².